The summed E-state index contributed by atoms with van der Waals surface area (Å²) in [5, 5.41) is 0. The standard InChI is InChI=1S/C14H27N/c1-10(2)9-14(4,5)12-7-6-11(3)8-13(12)15/h11-13H,1,6-9,15H2,2-5H3. The lowest BCUT2D eigenvalue weighted by Gasteiger charge is -2.43. The Labute approximate surface area is 95.1 Å². The lowest BCUT2D eigenvalue weighted by molar-refractivity contribution is 0.113. The Kier molecular flexibility index (Phi) is 3.99. The number of rotatable bonds is 3. The molecule has 0 saturated heterocycles. The van der Waals surface area contributed by atoms with E-state index in [1.54, 1.807) is 0 Å². The van der Waals surface area contributed by atoms with Crippen molar-refractivity contribution in [3.8, 4) is 0 Å². The van der Waals surface area contributed by atoms with Gasteiger partial charge >= 0.3 is 0 Å². The SMILES string of the molecule is C=C(C)CC(C)(C)C1CCC(C)CC1N. The molecule has 88 valence electrons. The molecule has 0 aromatic heterocycles. The third-order valence-corrected chi connectivity index (χ3v) is 3.92. The molecular formula is C14H27N. The molecule has 15 heavy (non-hydrogen) atoms. The Morgan fingerprint density at radius 2 is 2.00 bits per heavy atom. The second kappa shape index (κ2) is 4.69. The van der Waals surface area contributed by atoms with E-state index in [-0.39, 0.29) is 0 Å². The lowest BCUT2D eigenvalue weighted by Crippen LogP contribution is -2.43. The first-order valence-corrected chi connectivity index (χ1v) is 6.23. The van der Waals surface area contributed by atoms with E-state index in [0.29, 0.717) is 17.4 Å². The zero-order valence-electron chi connectivity index (χ0n) is 10.8. The van der Waals surface area contributed by atoms with Crippen molar-refractivity contribution in [3.05, 3.63) is 12.2 Å². The second-order valence-electron chi connectivity index (χ2n) is 6.31. The van der Waals surface area contributed by atoms with Gasteiger partial charge in [0.15, 0.2) is 0 Å². The Bertz CT molecular complexity index is 229. The summed E-state index contributed by atoms with van der Waals surface area (Å²) in [5.41, 5.74) is 7.91. The fourth-order valence-electron chi connectivity index (χ4n) is 3.30. The molecule has 1 fully saturated rings. The Morgan fingerprint density at radius 1 is 1.40 bits per heavy atom. The summed E-state index contributed by atoms with van der Waals surface area (Å²) in [6.07, 6.45) is 4.95. The van der Waals surface area contributed by atoms with Gasteiger partial charge in [0, 0.05) is 6.04 Å². The van der Waals surface area contributed by atoms with Gasteiger partial charge in [-0.2, -0.15) is 0 Å². The van der Waals surface area contributed by atoms with Gasteiger partial charge in [-0.3, -0.25) is 0 Å². The highest BCUT2D eigenvalue weighted by atomic mass is 14.7. The van der Waals surface area contributed by atoms with Gasteiger partial charge in [-0.25, -0.2) is 0 Å². The highest BCUT2D eigenvalue weighted by Crippen LogP contribution is 2.42. The Hall–Kier alpha value is -0.300. The van der Waals surface area contributed by atoms with Crippen LogP contribution in [0.3, 0.4) is 0 Å². The maximum Gasteiger partial charge on any atom is 0.00749 e. The molecule has 0 bridgehead atoms. The first-order valence-electron chi connectivity index (χ1n) is 6.23. The maximum absolute atomic E-state index is 6.30. The summed E-state index contributed by atoms with van der Waals surface area (Å²) in [5.74, 6) is 1.49. The minimum absolute atomic E-state index is 0.325. The Balaban J connectivity index is 2.65. The van der Waals surface area contributed by atoms with Crippen LogP contribution in [0.1, 0.15) is 53.4 Å². The topological polar surface area (TPSA) is 26.0 Å². The van der Waals surface area contributed by atoms with E-state index >= 15 is 0 Å². The number of allylic oxidation sites excluding steroid dienone is 1. The molecule has 2 N–H and O–H groups in total. The normalized spacial score (nSPS) is 32.7. The zero-order chi connectivity index (χ0) is 11.6. The molecule has 1 aliphatic rings. The van der Waals surface area contributed by atoms with Crippen molar-refractivity contribution < 1.29 is 0 Å². The minimum atomic E-state index is 0.325. The molecule has 0 heterocycles. The van der Waals surface area contributed by atoms with Gasteiger partial charge in [0.05, 0.1) is 0 Å². The third kappa shape index (κ3) is 3.34. The van der Waals surface area contributed by atoms with E-state index < -0.39 is 0 Å². The fourth-order valence-corrected chi connectivity index (χ4v) is 3.30. The van der Waals surface area contributed by atoms with Crippen LogP contribution in [-0.4, -0.2) is 6.04 Å². The molecule has 0 radical (unpaired) electrons. The summed E-state index contributed by atoms with van der Waals surface area (Å²) >= 11 is 0. The van der Waals surface area contributed by atoms with Crippen LogP contribution in [0.4, 0.5) is 0 Å². The van der Waals surface area contributed by atoms with Gasteiger partial charge in [0.1, 0.15) is 0 Å². The molecule has 1 rings (SSSR count). The smallest absolute Gasteiger partial charge is 0.00749 e. The highest BCUT2D eigenvalue weighted by molar-refractivity contribution is 4.99. The first kappa shape index (κ1) is 12.8. The van der Waals surface area contributed by atoms with E-state index in [1.807, 2.05) is 0 Å². The number of hydrogen-bond acceptors (Lipinski definition) is 1. The molecular weight excluding hydrogens is 182 g/mol. The highest BCUT2D eigenvalue weighted by Gasteiger charge is 2.36. The molecule has 1 nitrogen and oxygen atoms in total. The van der Waals surface area contributed by atoms with Crippen LogP contribution in [0.25, 0.3) is 0 Å². The van der Waals surface area contributed by atoms with Crippen molar-refractivity contribution in [2.45, 2.75) is 59.4 Å². The molecule has 3 atom stereocenters. The fraction of sp³-hybridized carbons (Fsp3) is 0.857. The van der Waals surface area contributed by atoms with E-state index in [1.165, 1.54) is 24.8 Å². The predicted molar refractivity (Wildman–Crippen MR) is 67.7 cm³/mol. The van der Waals surface area contributed by atoms with Crippen molar-refractivity contribution in [2.75, 3.05) is 0 Å². The maximum atomic E-state index is 6.30. The van der Waals surface area contributed by atoms with Crippen LogP contribution >= 0.6 is 0 Å². The summed E-state index contributed by atoms with van der Waals surface area (Å²) in [7, 11) is 0. The molecule has 1 aliphatic carbocycles. The largest absolute Gasteiger partial charge is 0.327 e. The van der Waals surface area contributed by atoms with E-state index in [4.69, 9.17) is 5.73 Å². The van der Waals surface area contributed by atoms with Crippen molar-refractivity contribution in [3.63, 3.8) is 0 Å². The van der Waals surface area contributed by atoms with Crippen molar-refractivity contribution in [1.29, 1.82) is 0 Å². The third-order valence-electron chi connectivity index (χ3n) is 3.92. The number of nitrogens with two attached hydrogens (primary N) is 1. The van der Waals surface area contributed by atoms with Crippen LogP contribution < -0.4 is 5.73 Å². The molecule has 1 heteroatoms. The second-order valence-corrected chi connectivity index (χ2v) is 6.31. The van der Waals surface area contributed by atoms with Crippen molar-refractivity contribution >= 4 is 0 Å². The summed E-state index contributed by atoms with van der Waals surface area (Å²) in [6, 6.07) is 0.392. The van der Waals surface area contributed by atoms with Gasteiger partial charge in [0.25, 0.3) is 0 Å². The molecule has 0 aromatic rings. The summed E-state index contributed by atoms with van der Waals surface area (Å²) in [6.45, 7) is 13.2. The average molecular weight is 209 g/mol. The van der Waals surface area contributed by atoms with Gasteiger partial charge in [-0.05, 0) is 43.4 Å². The number of hydrogen-bond donors (Lipinski definition) is 1. The molecule has 0 aliphatic heterocycles. The first-order chi connectivity index (χ1) is 6.83. The van der Waals surface area contributed by atoms with E-state index in [9.17, 15) is 0 Å². The average Bonchev–Trinajstić information content (AvgIpc) is 1.99. The quantitative estimate of drug-likeness (QED) is 0.704. The zero-order valence-corrected chi connectivity index (χ0v) is 10.8. The summed E-state index contributed by atoms with van der Waals surface area (Å²) in [4.78, 5) is 0. The van der Waals surface area contributed by atoms with E-state index in [2.05, 4.69) is 34.3 Å². The van der Waals surface area contributed by atoms with Crippen LogP contribution in [0.15, 0.2) is 12.2 Å². The van der Waals surface area contributed by atoms with Crippen LogP contribution in [0.2, 0.25) is 0 Å². The van der Waals surface area contributed by atoms with E-state index in [0.717, 1.165) is 12.3 Å². The van der Waals surface area contributed by atoms with Gasteiger partial charge in [-0.1, -0.05) is 32.8 Å². The van der Waals surface area contributed by atoms with Crippen LogP contribution in [0, 0.1) is 17.3 Å². The van der Waals surface area contributed by atoms with Gasteiger partial charge in [-0.15, -0.1) is 6.58 Å². The lowest BCUT2D eigenvalue weighted by atomic mass is 9.64. The van der Waals surface area contributed by atoms with Crippen molar-refractivity contribution in [1.82, 2.24) is 0 Å². The van der Waals surface area contributed by atoms with Gasteiger partial charge < -0.3 is 5.73 Å². The molecule has 1 saturated carbocycles. The molecule has 0 aromatic carbocycles. The molecule has 0 spiro atoms. The van der Waals surface area contributed by atoms with Crippen LogP contribution in [-0.2, 0) is 0 Å². The Morgan fingerprint density at radius 3 is 2.47 bits per heavy atom. The molecule has 0 amide bonds. The monoisotopic (exact) mass is 209 g/mol. The van der Waals surface area contributed by atoms with Crippen LogP contribution in [0.5, 0.6) is 0 Å². The summed E-state index contributed by atoms with van der Waals surface area (Å²) < 4.78 is 0. The van der Waals surface area contributed by atoms with Crippen molar-refractivity contribution in [2.24, 2.45) is 23.0 Å². The predicted octanol–water partition coefficient (Wildman–Crippen LogP) is 3.74. The molecule has 3 unspecified atom stereocenters. The minimum Gasteiger partial charge on any atom is -0.327 e. The van der Waals surface area contributed by atoms with Gasteiger partial charge in [0.2, 0.25) is 0 Å².